The van der Waals surface area contributed by atoms with Crippen molar-refractivity contribution in [3.05, 3.63) is 35.7 Å². The fourth-order valence-corrected chi connectivity index (χ4v) is 7.63. The molecule has 48 heavy (non-hydrogen) atoms. The molecule has 1 fully saturated rings. The molecular formula is C34H54N6O6SSi. The Balaban J connectivity index is 1.75. The first-order chi connectivity index (χ1) is 22.5. The van der Waals surface area contributed by atoms with Gasteiger partial charge in [0.1, 0.15) is 23.8 Å². The lowest BCUT2D eigenvalue weighted by Crippen LogP contribution is -2.45. The van der Waals surface area contributed by atoms with Gasteiger partial charge in [-0.1, -0.05) is 33.5 Å². The number of rotatable bonds is 14. The van der Waals surface area contributed by atoms with Crippen LogP contribution in [0.1, 0.15) is 58.8 Å². The van der Waals surface area contributed by atoms with Crippen LogP contribution in [0.4, 0.5) is 10.6 Å². The largest absolute Gasteiger partial charge is 0.444 e. The van der Waals surface area contributed by atoms with Crippen LogP contribution in [0.25, 0.3) is 22.6 Å². The Kier molecular flexibility index (Phi) is 12.3. The van der Waals surface area contributed by atoms with E-state index in [1.54, 1.807) is 18.0 Å². The summed E-state index contributed by atoms with van der Waals surface area (Å²) >= 11 is 0. The SMILES string of the molecule is CCCS(=O)(=O)Cc1cc(N2CCOC[C@@H]2CC)nc(-c2ccc3c(cc(CN(C)C(=O)OC(C)(C)C)n3COCC[Si](C)(C)C)n2)n1. The smallest absolute Gasteiger partial charge is 0.410 e. The van der Waals surface area contributed by atoms with Gasteiger partial charge in [-0.15, -0.1) is 0 Å². The van der Waals surface area contributed by atoms with E-state index in [-0.39, 0.29) is 17.5 Å². The maximum absolute atomic E-state index is 12.9. The van der Waals surface area contributed by atoms with Crippen LogP contribution < -0.4 is 4.90 Å². The van der Waals surface area contributed by atoms with Crippen molar-refractivity contribution >= 4 is 40.9 Å². The van der Waals surface area contributed by atoms with Gasteiger partial charge in [-0.05, 0) is 57.9 Å². The number of ether oxygens (including phenoxy) is 3. The van der Waals surface area contributed by atoms with Crippen LogP contribution in [0.2, 0.25) is 25.7 Å². The van der Waals surface area contributed by atoms with Crippen LogP contribution in [0.5, 0.6) is 0 Å². The molecule has 14 heteroatoms. The van der Waals surface area contributed by atoms with Gasteiger partial charge in [0.15, 0.2) is 15.7 Å². The van der Waals surface area contributed by atoms with Gasteiger partial charge in [0.05, 0.1) is 54.0 Å². The molecule has 0 radical (unpaired) electrons. The highest BCUT2D eigenvalue weighted by Crippen LogP contribution is 2.28. The second-order valence-electron chi connectivity index (χ2n) is 14.8. The lowest BCUT2D eigenvalue weighted by molar-refractivity contribution is 0.0274. The molecule has 0 aliphatic carbocycles. The van der Waals surface area contributed by atoms with E-state index in [2.05, 4.69) is 31.5 Å². The Morgan fingerprint density at radius 1 is 1.12 bits per heavy atom. The molecule has 3 aromatic rings. The van der Waals surface area contributed by atoms with Crippen LogP contribution in [0, 0.1) is 0 Å². The van der Waals surface area contributed by atoms with Gasteiger partial charge in [-0.3, -0.25) is 0 Å². The Bertz CT molecular complexity index is 1670. The number of hydrogen-bond acceptors (Lipinski definition) is 10. The summed E-state index contributed by atoms with van der Waals surface area (Å²) in [7, 11) is -2.92. The fraction of sp³-hybridized carbons (Fsp3) is 0.647. The van der Waals surface area contributed by atoms with Crippen molar-refractivity contribution in [2.75, 3.05) is 44.1 Å². The van der Waals surface area contributed by atoms with Crippen molar-refractivity contribution in [3.8, 4) is 11.5 Å². The quantitative estimate of drug-likeness (QED) is 0.143. The normalized spacial score (nSPS) is 16.0. The molecule has 3 aromatic heterocycles. The molecule has 1 aliphatic rings. The van der Waals surface area contributed by atoms with Gasteiger partial charge < -0.3 is 28.6 Å². The molecule has 12 nitrogen and oxygen atoms in total. The minimum absolute atomic E-state index is 0.0923. The molecule has 0 unspecified atom stereocenters. The number of hydrogen-bond donors (Lipinski definition) is 0. The third kappa shape index (κ3) is 10.5. The summed E-state index contributed by atoms with van der Waals surface area (Å²) in [5.74, 6) is 0.962. The standard InChI is InChI=1S/C34H54N6O6SSi/c1-10-17-47(42,43)23-25-19-31(39-14-15-44-22-26(39)11-2)37-32(35-25)28-12-13-30-29(36-28)20-27(21-38(6)33(41)46-34(3,4)5)40(30)24-45-16-18-48(7,8)9/h12-13,19-20,26H,10-11,14-18,21-24H2,1-9H3/t26-/m0/s1. The molecule has 0 saturated carbocycles. The third-order valence-electron chi connectivity index (χ3n) is 8.04. The molecule has 0 spiro atoms. The number of nitrogens with zero attached hydrogens (tertiary/aromatic N) is 6. The summed E-state index contributed by atoms with van der Waals surface area (Å²) in [6.07, 6.45) is 0.981. The van der Waals surface area contributed by atoms with E-state index < -0.39 is 29.6 Å². The first kappa shape index (κ1) is 37.7. The van der Waals surface area contributed by atoms with E-state index in [0.717, 1.165) is 23.7 Å². The van der Waals surface area contributed by atoms with E-state index in [4.69, 9.17) is 29.2 Å². The first-order valence-electron chi connectivity index (χ1n) is 16.9. The van der Waals surface area contributed by atoms with Gasteiger partial charge >= 0.3 is 6.09 Å². The molecule has 0 N–H and O–H groups in total. The molecular weight excluding hydrogens is 649 g/mol. The molecule has 1 atom stereocenters. The van der Waals surface area contributed by atoms with E-state index in [0.29, 0.717) is 74.6 Å². The molecule has 4 rings (SSSR count). The van der Waals surface area contributed by atoms with Crippen molar-refractivity contribution in [1.29, 1.82) is 0 Å². The highest BCUT2D eigenvalue weighted by Gasteiger charge is 2.26. The summed E-state index contributed by atoms with van der Waals surface area (Å²) in [6.45, 7) is 19.5. The van der Waals surface area contributed by atoms with E-state index >= 15 is 0 Å². The number of amides is 1. The van der Waals surface area contributed by atoms with Crippen LogP contribution >= 0.6 is 0 Å². The summed E-state index contributed by atoms with van der Waals surface area (Å²) < 4.78 is 45.3. The minimum Gasteiger partial charge on any atom is -0.444 e. The summed E-state index contributed by atoms with van der Waals surface area (Å²) in [6, 6.07) is 8.73. The van der Waals surface area contributed by atoms with Crippen LogP contribution in [0.3, 0.4) is 0 Å². The number of morpholine rings is 1. The zero-order valence-electron chi connectivity index (χ0n) is 30.2. The minimum atomic E-state index is -3.35. The average Bonchev–Trinajstić information content (AvgIpc) is 3.33. The number of carbonyl (C=O) groups excluding carboxylic acids is 1. The van der Waals surface area contributed by atoms with E-state index in [1.165, 1.54) is 0 Å². The van der Waals surface area contributed by atoms with Gasteiger partial charge in [0, 0.05) is 40.0 Å². The zero-order valence-corrected chi connectivity index (χ0v) is 32.0. The number of aromatic nitrogens is 4. The van der Waals surface area contributed by atoms with Crippen molar-refractivity contribution in [1.82, 2.24) is 24.4 Å². The molecule has 0 aromatic carbocycles. The summed E-state index contributed by atoms with van der Waals surface area (Å²) in [4.78, 5) is 31.2. The molecule has 1 saturated heterocycles. The number of anilines is 1. The van der Waals surface area contributed by atoms with Crippen molar-refractivity contribution in [3.63, 3.8) is 0 Å². The monoisotopic (exact) mass is 702 g/mol. The molecule has 1 amide bonds. The van der Waals surface area contributed by atoms with Gasteiger partial charge in [0.2, 0.25) is 0 Å². The van der Waals surface area contributed by atoms with E-state index in [1.807, 2.05) is 50.5 Å². The van der Waals surface area contributed by atoms with E-state index in [9.17, 15) is 13.2 Å². The predicted octanol–water partition coefficient (Wildman–Crippen LogP) is 6.11. The number of carbonyl (C=O) groups is 1. The van der Waals surface area contributed by atoms with Crippen molar-refractivity contribution in [2.45, 2.75) is 104 Å². The lowest BCUT2D eigenvalue weighted by atomic mass is 10.1. The maximum Gasteiger partial charge on any atom is 0.410 e. The van der Waals surface area contributed by atoms with Gasteiger partial charge in [-0.25, -0.2) is 28.2 Å². The fourth-order valence-electron chi connectivity index (χ4n) is 5.50. The molecule has 1 aliphatic heterocycles. The number of fused-ring (bicyclic) bond motifs is 1. The van der Waals surface area contributed by atoms with Crippen molar-refractivity contribution in [2.24, 2.45) is 0 Å². The lowest BCUT2D eigenvalue weighted by Gasteiger charge is -2.36. The maximum atomic E-state index is 12.9. The Morgan fingerprint density at radius 3 is 2.54 bits per heavy atom. The van der Waals surface area contributed by atoms with Gasteiger partial charge in [0.25, 0.3) is 0 Å². The molecule has 266 valence electrons. The van der Waals surface area contributed by atoms with Crippen LogP contribution in [-0.2, 0) is 43.1 Å². The molecule has 0 bridgehead atoms. The summed E-state index contributed by atoms with van der Waals surface area (Å²) in [5.41, 5.74) is 2.75. The van der Waals surface area contributed by atoms with Crippen LogP contribution in [-0.4, -0.2) is 97.8 Å². The second-order valence-corrected chi connectivity index (χ2v) is 22.6. The zero-order chi connectivity index (χ0) is 35.3. The second kappa shape index (κ2) is 15.6. The third-order valence-corrected chi connectivity index (χ3v) is 11.5. The Morgan fingerprint density at radius 2 is 1.88 bits per heavy atom. The molecule has 4 heterocycles. The summed E-state index contributed by atoms with van der Waals surface area (Å²) in [5, 5.41) is 0. The number of pyridine rings is 1. The highest BCUT2D eigenvalue weighted by atomic mass is 32.2. The van der Waals surface area contributed by atoms with Gasteiger partial charge in [-0.2, -0.15) is 0 Å². The topological polar surface area (TPSA) is 129 Å². The predicted molar refractivity (Wildman–Crippen MR) is 193 cm³/mol. The van der Waals surface area contributed by atoms with Crippen LogP contribution in [0.15, 0.2) is 24.3 Å². The Hall–Kier alpha value is -3.07. The Labute approximate surface area is 287 Å². The van der Waals surface area contributed by atoms with Crippen molar-refractivity contribution < 1.29 is 27.4 Å². The highest BCUT2D eigenvalue weighted by molar-refractivity contribution is 7.90. The first-order valence-corrected chi connectivity index (χ1v) is 22.5. The average molecular weight is 703 g/mol. The number of sulfone groups is 1.